The number of nitrogens with one attached hydrogen (secondary N) is 1. The van der Waals surface area contributed by atoms with Crippen molar-refractivity contribution < 1.29 is 10.2 Å². The Balaban J connectivity index is 1.72. The van der Waals surface area contributed by atoms with Crippen LogP contribution in [0.15, 0.2) is 0 Å². The quantitative estimate of drug-likeness (QED) is 0.639. The molecule has 15 heavy (non-hydrogen) atoms. The first-order valence-electron chi connectivity index (χ1n) is 6.28. The highest BCUT2D eigenvalue weighted by Gasteiger charge is 2.42. The molecule has 88 valence electrons. The highest BCUT2D eigenvalue weighted by Crippen LogP contribution is 2.48. The monoisotopic (exact) mass is 213 g/mol. The molecule has 3 N–H and O–H groups in total. The summed E-state index contributed by atoms with van der Waals surface area (Å²) in [6, 6.07) is 0.301. The summed E-state index contributed by atoms with van der Waals surface area (Å²) in [5.74, 6) is 0. The highest BCUT2D eigenvalue weighted by molar-refractivity contribution is 4.96. The molecule has 2 rings (SSSR count). The summed E-state index contributed by atoms with van der Waals surface area (Å²) in [5.41, 5.74) is 0.367. The second kappa shape index (κ2) is 4.81. The van der Waals surface area contributed by atoms with Crippen LogP contribution in [0.5, 0.6) is 0 Å². The summed E-state index contributed by atoms with van der Waals surface area (Å²) in [4.78, 5) is 0. The van der Waals surface area contributed by atoms with Crippen LogP contribution in [0.25, 0.3) is 0 Å². The van der Waals surface area contributed by atoms with Crippen molar-refractivity contribution in [3.8, 4) is 0 Å². The first-order chi connectivity index (χ1) is 7.26. The van der Waals surface area contributed by atoms with Crippen LogP contribution in [-0.4, -0.2) is 35.5 Å². The minimum Gasteiger partial charge on any atom is -0.396 e. The average Bonchev–Trinajstić information content (AvgIpc) is 2.98. The molecule has 0 heterocycles. The fraction of sp³-hybridized carbons (Fsp3) is 1.00. The van der Waals surface area contributed by atoms with Crippen molar-refractivity contribution in [2.75, 3.05) is 13.2 Å². The van der Waals surface area contributed by atoms with E-state index in [2.05, 4.69) is 5.32 Å². The molecule has 0 amide bonds. The van der Waals surface area contributed by atoms with Crippen LogP contribution in [0.3, 0.4) is 0 Å². The maximum Gasteiger partial charge on any atom is 0.0693 e. The standard InChI is InChI=1S/C12H23NO2/c14-8-7-12(5-6-12)9-13-10-3-1-2-4-11(10)15/h10-11,13-15H,1-9H2/t10-,11-/m1/s1. The van der Waals surface area contributed by atoms with Gasteiger partial charge in [-0.05, 0) is 37.5 Å². The topological polar surface area (TPSA) is 52.5 Å². The van der Waals surface area contributed by atoms with Crippen molar-refractivity contribution in [2.45, 2.75) is 57.1 Å². The van der Waals surface area contributed by atoms with Crippen LogP contribution < -0.4 is 5.32 Å². The van der Waals surface area contributed by atoms with Gasteiger partial charge in [0.05, 0.1) is 6.10 Å². The second-order valence-corrected chi connectivity index (χ2v) is 5.31. The maximum absolute atomic E-state index is 9.80. The molecule has 2 aliphatic carbocycles. The zero-order chi connectivity index (χ0) is 10.7. The Bertz CT molecular complexity index is 204. The Morgan fingerprint density at radius 2 is 1.93 bits per heavy atom. The van der Waals surface area contributed by atoms with Gasteiger partial charge in [-0.25, -0.2) is 0 Å². The molecule has 0 spiro atoms. The van der Waals surface area contributed by atoms with Crippen LogP contribution in [0.4, 0.5) is 0 Å². The number of hydrogen-bond donors (Lipinski definition) is 3. The van der Waals surface area contributed by atoms with Gasteiger partial charge in [0, 0.05) is 19.2 Å². The molecule has 2 aliphatic rings. The fourth-order valence-electron chi connectivity index (χ4n) is 2.63. The van der Waals surface area contributed by atoms with E-state index in [9.17, 15) is 5.11 Å². The largest absolute Gasteiger partial charge is 0.396 e. The number of hydrogen-bond acceptors (Lipinski definition) is 3. The third kappa shape index (κ3) is 2.92. The van der Waals surface area contributed by atoms with Crippen molar-refractivity contribution in [3.05, 3.63) is 0 Å². The van der Waals surface area contributed by atoms with Crippen LogP contribution in [-0.2, 0) is 0 Å². The molecule has 2 fully saturated rings. The van der Waals surface area contributed by atoms with Gasteiger partial charge in [0.15, 0.2) is 0 Å². The normalized spacial score (nSPS) is 34.0. The summed E-state index contributed by atoms with van der Waals surface area (Å²) in [7, 11) is 0. The molecular formula is C12H23NO2. The molecular weight excluding hydrogens is 190 g/mol. The SMILES string of the molecule is OCCC1(CN[C@@H]2CCCC[C@H]2O)CC1. The molecule has 3 heteroatoms. The predicted molar refractivity (Wildman–Crippen MR) is 59.6 cm³/mol. The van der Waals surface area contributed by atoms with Gasteiger partial charge in [-0.15, -0.1) is 0 Å². The first kappa shape index (κ1) is 11.4. The van der Waals surface area contributed by atoms with Gasteiger partial charge in [0.1, 0.15) is 0 Å². The minimum absolute atomic E-state index is 0.149. The number of rotatable bonds is 5. The zero-order valence-corrected chi connectivity index (χ0v) is 9.41. The van der Waals surface area contributed by atoms with Gasteiger partial charge < -0.3 is 15.5 Å². The van der Waals surface area contributed by atoms with Crippen molar-refractivity contribution in [1.29, 1.82) is 0 Å². The lowest BCUT2D eigenvalue weighted by atomic mass is 9.91. The minimum atomic E-state index is -0.149. The smallest absolute Gasteiger partial charge is 0.0693 e. The van der Waals surface area contributed by atoms with E-state index in [1.54, 1.807) is 0 Å². The van der Waals surface area contributed by atoms with Crippen molar-refractivity contribution in [1.82, 2.24) is 5.32 Å². The van der Waals surface area contributed by atoms with Crippen molar-refractivity contribution in [3.63, 3.8) is 0 Å². The molecule has 0 aromatic carbocycles. The van der Waals surface area contributed by atoms with E-state index in [1.807, 2.05) is 0 Å². The second-order valence-electron chi connectivity index (χ2n) is 5.31. The Hall–Kier alpha value is -0.120. The fourth-order valence-corrected chi connectivity index (χ4v) is 2.63. The third-order valence-electron chi connectivity index (χ3n) is 4.07. The van der Waals surface area contributed by atoms with Gasteiger partial charge in [-0.2, -0.15) is 0 Å². The molecule has 0 bridgehead atoms. The summed E-state index contributed by atoms with van der Waals surface area (Å²) in [5, 5.41) is 22.3. The van der Waals surface area contributed by atoms with Gasteiger partial charge >= 0.3 is 0 Å². The summed E-state index contributed by atoms with van der Waals surface area (Å²) in [6.07, 6.45) is 7.71. The van der Waals surface area contributed by atoms with Gasteiger partial charge in [-0.3, -0.25) is 0 Å². The van der Waals surface area contributed by atoms with E-state index in [-0.39, 0.29) is 6.10 Å². The lowest BCUT2D eigenvalue weighted by molar-refractivity contribution is 0.0870. The van der Waals surface area contributed by atoms with Gasteiger partial charge in [-0.1, -0.05) is 12.8 Å². The van der Waals surface area contributed by atoms with E-state index in [4.69, 9.17) is 5.11 Å². The molecule has 0 aromatic rings. The Morgan fingerprint density at radius 1 is 1.20 bits per heavy atom. The van der Waals surface area contributed by atoms with Crippen LogP contribution in [0.1, 0.15) is 44.9 Å². The molecule has 0 saturated heterocycles. The van der Waals surface area contributed by atoms with E-state index in [0.717, 1.165) is 25.8 Å². The first-order valence-corrected chi connectivity index (χ1v) is 6.28. The molecule has 2 saturated carbocycles. The molecule has 0 radical (unpaired) electrons. The van der Waals surface area contributed by atoms with E-state index in [0.29, 0.717) is 18.1 Å². The molecule has 0 unspecified atom stereocenters. The predicted octanol–water partition coefficient (Wildman–Crippen LogP) is 1.04. The molecule has 0 aromatic heterocycles. The summed E-state index contributed by atoms with van der Waals surface area (Å²) >= 11 is 0. The lowest BCUT2D eigenvalue weighted by Crippen LogP contribution is -2.44. The van der Waals surface area contributed by atoms with Gasteiger partial charge in [0.25, 0.3) is 0 Å². The number of aliphatic hydroxyl groups is 2. The van der Waals surface area contributed by atoms with Crippen LogP contribution in [0.2, 0.25) is 0 Å². The highest BCUT2D eigenvalue weighted by atomic mass is 16.3. The van der Waals surface area contributed by atoms with E-state index >= 15 is 0 Å². The maximum atomic E-state index is 9.80. The third-order valence-corrected chi connectivity index (χ3v) is 4.07. The van der Waals surface area contributed by atoms with Crippen molar-refractivity contribution in [2.24, 2.45) is 5.41 Å². The summed E-state index contributed by atoms with van der Waals surface area (Å²) in [6.45, 7) is 1.28. The van der Waals surface area contributed by atoms with Crippen LogP contribution >= 0.6 is 0 Å². The molecule has 3 nitrogen and oxygen atoms in total. The zero-order valence-electron chi connectivity index (χ0n) is 9.41. The van der Waals surface area contributed by atoms with Crippen molar-refractivity contribution >= 4 is 0 Å². The van der Waals surface area contributed by atoms with Gasteiger partial charge in [0.2, 0.25) is 0 Å². The van der Waals surface area contributed by atoms with E-state index in [1.165, 1.54) is 25.7 Å². The van der Waals surface area contributed by atoms with E-state index < -0.39 is 0 Å². The average molecular weight is 213 g/mol. The summed E-state index contributed by atoms with van der Waals surface area (Å²) < 4.78 is 0. The lowest BCUT2D eigenvalue weighted by Gasteiger charge is -2.30. The Kier molecular flexibility index (Phi) is 3.65. The van der Waals surface area contributed by atoms with Crippen LogP contribution in [0, 0.1) is 5.41 Å². The Labute approximate surface area is 91.9 Å². The number of aliphatic hydroxyl groups excluding tert-OH is 2. The Morgan fingerprint density at radius 3 is 2.53 bits per heavy atom. The molecule has 0 aliphatic heterocycles. The molecule has 2 atom stereocenters.